The first-order chi connectivity index (χ1) is 18.5. The summed E-state index contributed by atoms with van der Waals surface area (Å²) in [5.74, 6) is 0.714. The first kappa shape index (κ1) is 22.3. The van der Waals surface area contributed by atoms with Crippen molar-refractivity contribution < 1.29 is 9.18 Å². The second-order valence-corrected chi connectivity index (χ2v) is 9.57. The van der Waals surface area contributed by atoms with Gasteiger partial charge in [0.15, 0.2) is 17.5 Å². The van der Waals surface area contributed by atoms with E-state index in [1.165, 1.54) is 6.07 Å². The number of rotatable bonds is 5. The highest BCUT2D eigenvalue weighted by atomic mass is 19.1. The normalized spacial score (nSPS) is 13.7. The van der Waals surface area contributed by atoms with E-state index in [4.69, 9.17) is 4.98 Å². The predicted octanol–water partition coefficient (Wildman–Crippen LogP) is 4.94. The maximum absolute atomic E-state index is 15.2. The third kappa shape index (κ3) is 3.71. The number of pyridine rings is 2. The minimum absolute atomic E-state index is 0.00134. The lowest BCUT2D eigenvalue weighted by Crippen LogP contribution is -2.28. The Morgan fingerprint density at radius 3 is 2.82 bits per heavy atom. The topological polar surface area (TPSA) is 130 Å². The van der Waals surface area contributed by atoms with Gasteiger partial charge in [0, 0.05) is 35.5 Å². The summed E-state index contributed by atoms with van der Waals surface area (Å²) in [5.41, 5.74) is 4.91. The van der Waals surface area contributed by atoms with Gasteiger partial charge in [-0.25, -0.2) is 19.3 Å². The number of fused-ring (bicyclic) bond motifs is 2. The Bertz CT molecular complexity index is 1850. The summed E-state index contributed by atoms with van der Waals surface area (Å²) in [7, 11) is 0. The Hall–Kier alpha value is -4.93. The smallest absolute Gasteiger partial charge is 0.227 e. The van der Waals surface area contributed by atoms with E-state index in [1.54, 1.807) is 31.0 Å². The molecular weight excluding hydrogens is 485 g/mol. The van der Waals surface area contributed by atoms with Crippen molar-refractivity contribution >= 4 is 33.5 Å². The Morgan fingerprint density at radius 2 is 2.03 bits per heavy atom. The molecular formula is C27H22FN9O. The fourth-order valence-corrected chi connectivity index (χ4v) is 4.77. The molecule has 3 N–H and O–H groups in total. The van der Waals surface area contributed by atoms with Crippen molar-refractivity contribution in [2.24, 2.45) is 5.92 Å². The number of benzene rings is 1. The summed E-state index contributed by atoms with van der Waals surface area (Å²) in [4.78, 5) is 33.5. The predicted molar refractivity (Wildman–Crippen MR) is 140 cm³/mol. The number of hydrogen-bond acceptors (Lipinski definition) is 6. The average molecular weight is 508 g/mol. The molecule has 1 aliphatic rings. The molecule has 0 bridgehead atoms. The summed E-state index contributed by atoms with van der Waals surface area (Å²) >= 11 is 0. The molecule has 1 saturated carbocycles. The van der Waals surface area contributed by atoms with Crippen molar-refractivity contribution in [1.82, 2.24) is 39.7 Å². The maximum Gasteiger partial charge on any atom is 0.227 e. The van der Waals surface area contributed by atoms with Gasteiger partial charge >= 0.3 is 0 Å². The van der Waals surface area contributed by atoms with E-state index in [1.807, 2.05) is 29.8 Å². The van der Waals surface area contributed by atoms with Gasteiger partial charge in [-0.2, -0.15) is 5.10 Å². The van der Waals surface area contributed by atoms with Gasteiger partial charge in [0.05, 0.1) is 23.1 Å². The van der Waals surface area contributed by atoms with Gasteiger partial charge in [-0.05, 0) is 49.6 Å². The quantitative estimate of drug-likeness (QED) is 0.303. The molecule has 5 heterocycles. The number of aryl methyl sites for hydroxylation is 1. The van der Waals surface area contributed by atoms with E-state index in [2.05, 4.69) is 35.5 Å². The Balaban J connectivity index is 1.29. The van der Waals surface area contributed by atoms with Crippen molar-refractivity contribution in [3.05, 3.63) is 66.9 Å². The van der Waals surface area contributed by atoms with Crippen LogP contribution in [0.3, 0.4) is 0 Å². The zero-order chi connectivity index (χ0) is 25.8. The van der Waals surface area contributed by atoms with Crippen LogP contribution in [0.25, 0.3) is 50.4 Å². The van der Waals surface area contributed by atoms with Gasteiger partial charge in [-0.15, -0.1) is 0 Å². The molecule has 0 unspecified atom stereocenters. The van der Waals surface area contributed by atoms with Crippen LogP contribution in [0.4, 0.5) is 10.1 Å². The van der Waals surface area contributed by atoms with Crippen molar-refractivity contribution in [1.29, 1.82) is 0 Å². The molecule has 0 spiro atoms. The molecule has 10 nitrogen and oxygen atoms in total. The zero-order valence-electron chi connectivity index (χ0n) is 20.4. The average Bonchev–Trinajstić information content (AvgIpc) is 3.60. The molecule has 1 aromatic carbocycles. The van der Waals surface area contributed by atoms with Crippen LogP contribution in [0.15, 0.2) is 55.4 Å². The van der Waals surface area contributed by atoms with E-state index in [9.17, 15) is 4.79 Å². The first-order valence-electron chi connectivity index (χ1n) is 12.3. The maximum atomic E-state index is 15.2. The van der Waals surface area contributed by atoms with Crippen LogP contribution in [0.1, 0.15) is 25.0 Å². The standard InChI is InChI=1S/C27H22FN9O/c1-14-12-37(13-31-14)26-24-21(5-6-30-26)33-25(34-24)23-19-8-16(9-20(28)22(19)35-36-23)17-7-18(11-29-10-17)32-27(38)15-3-2-4-15/h5-13,15H,2-4H2,1H3,(H,32,38)(H,33,34)(H,35,36). The number of hydrogen-bond donors (Lipinski definition) is 3. The second kappa shape index (κ2) is 8.58. The minimum Gasteiger partial charge on any atom is -0.336 e. The van der Waals surface area contributed by atoms with Gasteiger partial charge in [0.25, 0.3) is 0 Å². The first-order valence-corrected chi connectivity index (χ1v) is 12.3. The number of halogens is 1. The highest BCUT2D eigenvalue weighted by Crippen LogP contribution is 2.33. The van der Waals surface area contributed by atoms with Crippen molar-refractivity contribution in [2.45, 2.75) is 26.2 Å². The molecule has 7 rings (SSSR count). The molecule has 1 amide bonds. The number of H-pyrrole nitrogens is 2. The van der Waals surface area contributed by atoms with Gasteiger partial charge < -0.3 is 10.3 Å². The molecule has 1 aliphatic carbocycles. The van der Waals surface area contributed by atoms with Gasteiger partial charge in [-0.1, -0.05) is 6.42 Å². The van der Waals surface area contributed by atoms with Gasteiger partial charge in [-0.3, -0.25) is 19.4 Å². The van der Waals surface area contributed by atoms with E-state index in [0.717, 1.165) is 30.5 Å². The van der Waals surface area contributed by atoms with Crippen molar-refractivity contribution in [2.75, 3.05) is 5.32 Å². The molecule has 0 atom stereocenters. The Labute approximate surface area is 215 Å². The molecule has 38 heavy (non-hydrogen) atoms. The molecule has 1 fully saturated rings. The number of carbonyl (C=O) groups excluding carboxylic acids is 1. The van der Waals surface area contributed by atoms with Crippen LogP contribution in [0.5, 0.6) is 0 Å². The summed E-state index contributed by atoms with van der Waals surface area (Å²) in [6, 6.07) is 6.90. The Morgan fingerprint density at radius 1 is 1.13 bits per heavy atom. The van der Waals surface area contributed by atoms with Crippen molar-refractivity contribution in [3.63, 3.8) is 0 Å². The highest BCUT2D eigenvalue weighted by Gasteiger charge is 2.25. The lowest BCUT2D eigenvalue weighted by molar-refractivity contribution is -0.122. The molecule has 0 aliphatic heterocycles. The van der Waals surface area contributed by atoms with Crippen LogP contribution < -0.4 is 5.32 Å². The van der Waals surface area contributed by atoms with Crippen LogP contribution in [0.2, 0.25) is 0 Å². The Kier molecular flexibility index (Phi) is 5.03. The van der Waals surface area contributed by atoms with Crippen molar-refractivity contribution in [3.8, 4) is 28.5 Å². The molecule has 0 radical (unpaired) electrons. The number of imidazole rings is 2. The summed E-state index contributed by atoms with van der Waals surface area (Å²) in [6.45, 7) is 1.91. The summed E-state index contributed by atoms with van der Waals surface area (Å²) < 4.78 is 17.0. The summed E-state index contributed by atoms with van der Waals surface area (Å²) in [5, 5.41) is 10.7. The molecule has 6 aromatic rings. The second-order valence-electron chi connectivity index (χ2n) is 9.57. The molecule has 0 saturated heterocycles. The van der Waals surface area contributed by atoms with E-state index in [0.29, 0.717) is 45.1 Å². The number of carbonyl (C=O) groups is 1. The lowest BCUT2D eigenvalue weighted by atomic mass is 9.85. The molecule has 5 aromatic heterocycles. The number of anilines is 1. The number of nitrogens with zero attached hydrogens (tertiary/aromatic N) is 6. The number of aromatic amines is 2. The third-order valence-corrected chi connectivity index (χ3v) is 7.00. The molecule has 188 valence electrons. The number of nitrogens with one attached hydrogen (secondary N) is 3. The SMILES string of the molecule is Cc1cn(-c2nccc3[nH]c(-c4[nH]nc5c(F)cc(-c6cncc(NC(=O)C7CCC7)c6)cc45)nc23)cn1. The van der Waals surface area contributed by atoms with Crippen LogP contribution in [-0.4, -0.2) is 45.6 Å². The van der Waals surface area contributed by atoms with Gasteiger partial charge in [0.2, 0.25) is 5.91 Å². The monoisotopic (exact) mass is 507 g/mol. The fraction of sp³-hybridized carbons (Fsp3) is 0.185. The van der Waals surface area contributed by atoms with E-state index >= 15 is 4.39 Å². The van der Waals surface area contributed by atoms with E-state index in [-0.39, 0.29) is 17.3 Å². The summed E-state index contributed by atoms with van der Waals surface area (Å²) in [6.07, 6.45) is 11.4. The van der Waals surface area contributed by atoms with Crippen LogP contribution in [0, 0.1) is 18.7 Å². The van der Waals surface area contributed by atoms with Gasteiger partial charge in [0.1, 0.15) is 23.1 Å². The fourth-order valence-electron chi connectivity index (χ4n) is 4.77. The molecule has 11 heteroatoms. The van der Waals surface area contributed by atoms with Crippen LogP contribution in [-0.2, 0) is 4.79 Å². The highest BCUT2D eigenvalue weighted by molar-refractivity contribution is 5.97. The largest absolute Gasteiger partial charge is 0.336 e. The number of aromatic nitrogens is 8. The zero-order valence-corrected chi connectivity index (χ0v) is 20.4. The van der Waals surface area contributed by atoms with Crippen LogP contribution >= 0.6 is 0 Å². The number of amides is 1. The van der Waals surface area contributed by atoms with E-state index < -0.39 is 5.82 Å². The lowest BCUT2D eigenvalue weighted by Gasteiger charge is -2.24. The third-order valence-electron chi connectivity index (χ3n) is 7.00. The minimum atomic E-state index is -0.476.